The minimum atomic E-state index is -3.77. The van der Waals surface area contributed by atoms with Crippen molar-refractivity contribution < 1.29 is 22.7 Å². The summed E-state index contributed by atoms with van der Waals surface area (Å²) in [5.74, 6) is -0.0912. The molecule has 7 nitrogen and oxygen atoms in total. The minimum Gasteiger partial charge on any atom is -0.495 e. The van der Waals surface area contributed by atoms with Crippen LogP contribution in [0.25, 0.3) is 0 Å². The average molecular weight is 413 g/mol. The summed E-state index contributed by atoms with van der Waals surface area (Å²) < 4.78 is 39.2. The molecule has 2 N–H and O–H groups in total. The lowest BCUT2D eigenvalue weighted by molar-refractivity contribution is 0.0757. The van der Waals surface area contributed by atoms with Crippen LogP contribution in [0.3, 0.4) is 0 Å². The van der Waals surface area contributed by atoms with E-state index < -0.39 is 10.0 Å². The van der Waals surface area contributed by atoms with Gasteiger partial charge in [0, 0.05) is 24.8 Å². The Bertz CT molecular complexity index is 743. The number of rotatable bonds is 10. The number of amides is 1. The van der Waals surface area contributed by atoms with Crippen LogP contribution in [0.4, 0.5) is 0 Å². The predicted octanol–water partition coefficient (Wildman–Crippen LogP) is 2.85. The van der Waals surface area contributed by atoms with Gasteiger partial charge in [0.25, 0.3) is 5.91 Å². The van der Waals surface area contributed by atoms with E-state index in [1.165, 1.54) is 19.2 Å². The van der Waals surface area contributed by atoms with Crippen molar-refractivity contribution in [1.82, 2.24) is 10.0 Å². The maximum absolute atomic E-state index is 12.9. The fraction of sp³-hybridized carbons (Fsp3) is 0.650. The summed E-state index contributed by atoms with van der Waals surface area (Å²) in [5, 5.41) is 2.80. The predicted molar refractivity (Wildman–Crippen MR) is 108 cm³/mol. The molecule has 0 radical (unpaired) electrons. The number of sulfonamides is 1. The molecular weight excluding hydrogens is 380 g/mol. The molecule has 0 atom stereocenters. The van der Waals surface area contributed by atoms with Crippen LogP contribution in [0, 0.1) is 0 Å². The Balaban J connectivity index is 2.06. The van der Waals surface area contributed by atoms with Gasteiger partial charge in [-0.15, -0.1) is 0 Å². The van der Waals surface area contributed by atoms with Gasteiger partial charge >= 0.3 is 0 Å². The molecule has 0 heterocycles. The normalized spacial score (nSPS) is 15.6. The molecule has 1 aromatic rings. The summed E-state index contributed by atoms with van der Waals surface area (Å²) in [6, 6.07) is 4.40. The molecule has 1 aromatic carbocycles. The maximum Gasteiger partial charge on any atom is 0.251 e. The number of hydrogen-bond donors (Lipinski definition) is 2. The Morgan fingerprint density at radius 1 is 1.21 bits per heavy atom. The molecule has 0 aromatic heterocycles. The van der Waals surface area contributed by atoms with Gasteiger partial charge in [-0.25, -0.2) is 13.1 Å². The number of carbonyl (C=O) groups is 1. The first-order valence-corrected chi connectivity index (χ1v) is 11.4. The number of ether oxygens (including phenoxy) is 2. The molecule has 1 fully saturated rings. The highest BCUT2D eigenvalue weighted by molar-refractivity contribution is 7.89. The third kappa shape index (κ3) is 6.76. The smallest absolute Gasteiger partial charge is 0.251 e. The highest BCUT2D eigenvalue weighted by Crippen LogP contribution is 2.27. The van der Waals surface area contributed by atoms with Crippen LogP contribution in [-0.2, 0) is 14.8 Å². The van der Waals surface area contributed by atoms with Crippen LogP contribution < -0.4 is 14.8 Å². The lowest BCUT2D eigenvalue weighted by Crippen LogP contribution is -2.36. The Morgan fingerprint density at radius 3 is 2.57 bits per heavy atom. The van der Waals surface area contributed by atoms with Gasteiger partial charge in [0.1, 0.15) is 10.6 Å². The van der Waals surface area contributed by atoms with Gasteiger partial charge in [-0.2, -0.15) is 0 Å². The first-order valence-electron chi connectivity index (χ1n) is 9.93. The summed E-state index contributed by atoms with van der Waals surface area (Å²) >= 11 is 0. The van der Waals surface area contributed by atoms with E-state index in [-0.39, 0.29) is 34.3 Å². The van der Waals surface area contributed by atoms with E-state index in [1.54, 1.807) is 6.07 Å². The van der Waals surface area contributed by atoms with Gasteiger partial charge in [0.2, 0.25) is 10.0 Å². The number of methoxy groups -OCH3 is 1. The van der Waals surface area contributed by atoms with E-state index in [0.717, 1.165) is 32.1 Å². The molecule has 0 saturated heterocycles. The van der Waals surface area contributed by atoms with Crippen LogP contribution in [0.1, 0.15) is 62.7 Å². The molecule has 1 aliphatic rings. The molecule has 0 unspecified atom stereocenters. The average Bonchev–Trinajstić information content (AvgIpc) is 2.67. The van der Waals surface area contributed by atoms with E-state index in [1.807, 2.05) is 13.8 Å². The van der Waals surface area contributed by atoms with E-state index in [2.05, 4.69) is 10.0 Å². The van der Waals surface area contributed by atoms with Crippen LogP contribution >= 0.6 is 0 Å². The lowest BCUT2D eigenvalue weighted by atomic mass is 9.96. The summed E-state index contributed by atoms with van der Waals surface area (Å²) in [6.07, 6.45) is 5.69. The second-order valence-electron chi connectivity index (χ2n) is 7.35. The van der Waals surface area contributed by atoms with Crippen molar-refractivity contribution in [3.05, 3.63) is 23.8 Å². The zero-order valence-corrected chi connectivity index (χ0v) is 17.8. The van der Waals surface area contributed by atoms with Crippen molar-refractivity contribution in [3.8, 4) is 5.75 Å². The van der Waals surface area contributed by atoms with Gasteiger partial charge in [-0.1, -0.05) is 19.3 Å². The van der Waals surface area contributed by atoms with Crippen molar-refractivity contribution in [3.63, 3.8) is 0 Å². The number of benzene rings is 1. The number of carbonyl (C=O) groups excluding carboxylic acids is 1. The molecule has 28 heavy (non-hydrogen) atoms. The fourth-order valence-electron chi connectivity index (χ4n) is 3.23. The first kappa shape index (κ1) is 22.6. The molecule has 1 amide bonds. The second-order valence-corrected chi connectivity index (χ2v) is 9.03. The third-order valence-electron chi connectivity index (χ3n) is 4.70. The molecule has 1 saturated carbocycles. The van der Waals surface area contributed by atoms with Crippen LogP contribution in [-0.4, -0.2) is 46.7 Å². The Kier molecular flexibility index (Phi) is 8.72. The molecule has 158 valence electrons. The number of nitrogens with one attached hydrogen (secondary N) is 2. The summed E-state index contributed by atoms with van der Waals surface area (Å²) in [6.45, 7) is 4.93. The van der Waals surface area contributed by atoms with Gasteiger partial charge < -0.3 is 14.8 Å². The van der Waals surface area contributed by atoms with Gasteiger partial charge in [0.15, 0.2) is 0 Å². The SMILES string of the molecule is COc1ccc(C(=O)NCCCOC(C)C)cc1S(=O)(=O)NC1CCCCC1. The first-order chi connectivity index (χ1) is 13.3. The Morgan fingerprint density at radius 2 is 1.93 bits per heavy atom. The molecule has 0 spiro atoms. The Hall–Kier alpha value is -1.64. The van der Waals surface area contributed by atoms with E-state index in [4.69, 9.17) is 9.47 Å². The van der Waals surface area contributed by atoms with E-state index >= 15 is 0 Å². The molecule has 0 aliphatic heterocycles. The standard InChI is InChI=1S/C20H32N2O5S/c1-15(2)27-13-7-12-21-20(23)16-10-11-18(26-3)19(14-16)28(24,25)22-17-8-5-4-6-9-17/h10-11,14-15,17,22H,4-9,12-13H2,1-3H3,(H,21,23). The van der Waals surface area contributed by atoms with Crippen molar-refractivity contribution in [1.29, 1.82) is 0 Å². The fourth-order valence-corrected chi connectivity index (χ4v) is 4.73. The van der Waals surface area contributed by atoms with Crippen molar-refractivity contribution in [2.45, 2.75) is 69.4 Å². The topological polar surface area (TPSA) is 93.7 Å². The quantitative estimate of drug-likeness (QED) is 0.577. The van der Waals surface area contributed by atoms with Crippen molar-refractivity contribution in [2.75, 3.05) is 20.3 Å². The largest absolute Gasteiger partial charge is 0.495 e. The van der Waals surface area contributed by atoms with Gasteiger partial charge in [0.05, 0.1) is 13.2 Å². The molecule has 0 bridgehead atoms. The number of hydrogen-bond acceptors (Lipinski definition) is 5. The van der Waals surface area contributed by atoms with E-state index in [9.17, 15) is 13.2 Å². The minimum absolute atomic E-state index is 0.00337. The van der Waals surface area contributed by atoms with Gasteiger partial charge in [-0.05, 0) is 51.3 Å². The molecule has 1 aliphatic carbocycles. The van der Waals surface area contributed by atoms with Crippen molar-refractivity contribution >= 4 is 15.9 Å². The molecule has 8 heteroatoms. The monoisotopic (exact) mass is 412 g/mol. The Labute approximate surface area is 168 Å². The van der Waals surface area contributed by atoms with Crippen molar-refractivity contribution in [2.24, 2.45) is 0 Å². The van der Waals surface area contributed by atoms with E-state index in [0.29, 0.717) is 19.6 Å². The zero-order valence-electron chi connectivity index (χ0n) is 17.0. The lowest BCUT2D eigenvalue weighted by Gasteiger charge is -2.23. The van der Waals surface area contributed by atoms with Crippen LogP contribution in [0.5, 0.6) is 5.75 Å². The van der Waals surface area contributed by atoms with Crippen LogP contribution in [0.15, 0.2) is 23.1 Å². The maximum atomic E-state index is 12.9. The zero-order chi connectivity index (χ0) is 20.6. The second kappa shape index (κ2) is 10.8. The highest BCUT2D eigenvalue weighted by Gasteiger charge is 2.26. The summed E-state index contributed by atoms with van der Waals surface area (Å²) in [5.41, 5.74) is 0.287. The highest BCUT2D eigenvalue weighted by atomic mass is 32.2. The molecular formula is C20H32N2O5S. The summed E-state index contributed by atoms with van der Waals surface area (Å²) in [7, 11) is -2.35. The summed E-state index contributed by atoms with van der Waals surface area (Å²) in [4.78, 5) is 12.4. The van der Waals surface area contributed by atoms with Crippen LogP contribution in [0.2, 0.25) is 0 Å². The third-order valence-corrected chi connectivity index (χ3v) is 6.24. The molecule has 2 rings (SSSR count). The van der Waals surface area contributed by atoms with Gasteiger partial charge in [-0.3, -0.25) is 4.79 Å².